The average molecular weight is 285 g/mol. The Labute approximate surface area is 121 Å². The minimum Gasteiger partial charge on any atom is -0.496 e. The van der Waals surface area contributed by atoms with Crippen molar-refractivity contribution in [3.05, 3.63) is 62.4 Å². The number of aromatic nitrogens is 2. The molecule has 0 fully saturated rings. The van der Waals surface area contributed by atoms with Crippen LogP contribution in [0.1, 0.15) is 18.1 Å². The van der Waals surface area contributed by atoms with E-state index in [1.807, 2.05) is 6.07 Å². The summed E-state index contributed by atoms with van der Waals surface area (Å²) in [6, 6.07) is 8.97. The highest BCUT2D eigenvalue weighted by molar-refractivity contribution is 5.33. The Kier molecular flexibility index (Phi) is 4.24. The first-order chi connectivity index (χ1) is 10.1. The van der Waals surface area contributed by atoms with Crippen LogP contribution < -0.4 is 16.0 Å². The van der Waals surface area contributed by atoms with Gasteiger partial charge in [-0.05, 0) is 13.0 Å². The highest BCUT2D eigenvalue weighted by Crippen LogP contribution is 2.17. The number of rotatable bonds is 4. The van der Waals surface area contributed by atoms with Crippen LogP contribution in [0, 0.1) is 11.3 Å². The topological polar surface area (TPSA) is 77.0 Å². The molecule has 21 heavy (non-hydrogen) atoms. The second-order valence-corrected chi connectivity index (χ2v) is 4.43. The van der Waals surface area contributed by atoms with Crippen LogP contribution in [0.5, 0.6) is 5.75 Å². The van der Waals surface area contributed by atoms with Gasteiger partial charge in [0.1, 0.15) is 17.4 Å². The summed E-state index contributed by atoms with van der Waals surface area (Å²) in [6.07, 6.45) is 1.30. The van der Waals surface area contributed by atoms with Gasteiger partial charge in [0.25, 0.3) is 5.56 Å². The zero-order valence-corrected chi connectivity index (χ0v) is 11.9. The van der Waals surface area contributed by atoms with Gasteiger partial charge in [-0.15, -0.1) is 0 Å². The predicted molar refractivity (Wildman–Crippen MR) is 77.4 cm³/mol. The molecule has 1 aromatic carbocycles. The Morgan fingerprint density at radius 3 is 2.62 bits per heavy atom. The Morgan fingerprint density at radius 2 is 2.00 bits per heavy atom. The van der Waals surface area contributed by atoms with E-state index in [-0.39, 0.29) is 12.1 Å². The summed E-state index contributed by atoms with van der Waals surface area (Å²) < 4.78 is 7.62. The number of hydrogen-bond donors (Lipinski definition) is 0. The van der Waals surface area contributed by atoms with Crippen LogP contribution in [0.15, 0.2) is 40.1 Å². The molecule has 0 aliphatic heterocycles. The number of hydrogen-bond acceptors (Lipinski definition) is 4. The summed E-state index contributed by atoms with van der Waals surface area (Å²) >= 11 is 0. The molecule has 2 rings (SSSR count). The Balaban J connectivity index is 2.62. The lowest BCUT2D eigenvalue weighted by Crippen LogP contribution is -2.41. The summed E-state index contributed by atoms with van der Waals surface area (Å²) in [5, 5.41) is 9.02. The smallest absolute Gasteiger partial charge is 0.331 e. The molecule has 6 heteroatoms. The van der Waals surface area contributed by atoms with E-state index in [1.54, 1.807) is 31.2 Å². The van der Waals surface area contributed by atoms with Crippen LogP contribution >= 0.6 is 0 Å². The molecular weight excluding hydrogens is 270 g/mol. The van der Waals surface area contributed by atoms with E-state index in [0.29, 0.717) is 17.9 Å². The highest BCUT2D eigenvalue weighted by atomic mass is 16.5. The first-order valence-electron chi connectivity index (χ1n) is 6.48. The van der Waals surface area contributed by atoms with Crippen molar-refractivity contribution in [3.63, 3.8) is 0 Å². The van der Waals surface area contributed by atoms with Crippen molar-refractivity contribution in [2.45, 2.75) is 20.0 Å². The van der Waals surface area contributed by atoms with Gasteiger partial charge in [-0.1, -0.05) is 18.2 Å². The van der Waals surface area contributed by atoms with Gasteiger partial charge in [0.05, 0.1) is 13.7 Å². The third-order valence-corrected chi connectivity index (χ3v) is 3.22. The zero-order chi connectivity index (χ0) is 15.4. The highest BCUT2D eigenvalue weighted by Gasteiger charge is 2.12. The number of nitriles is 1. The molecular formula is C15H15N3O3. The monoisotopic (exact) mass is 285 g/mol. The fraction of sp³-hybridized carbons (Fsp3) is 0.267. The van der Waals surface area contributed by atoms with Crippen LogP contribution in [0.25, 0.3) is 0 Å². The van der Waals surface area contributed by atoms with Gasteiger partial charge < -0.3 is 4.74 Å². The molecule has 0 saturated carbocycles. The third kappa shape index (κ3) is 2.72. The van der Waals surface area contributed by atoms with Gasteiger partial charge in [-0.3, -0.25) is 13.9 Å². The summed E-state index contributed by atoms with van der Waals surface area (Å²) in [7, 11) is 1.53. The van der Waals surface area contributed by atoms with Crippen LogP contribution in [0.2, 0.25) is 0 Å². The molecule has 0 spiro atoms. The van der Waals surface area contributed by atoms with E-state index in [0.717, 1.165) is 4.57 Å². The molecule has 1 heterocycles. The standard InChI is InChI=1S/C15H15N3O3/c1-3-17-9-12(8-16)14(19)18(15(17)20)10-11-6-4-5-7-13(11)21-2/h4-7,9H,3,10H2,1-2H3. The van der Waals surface area contributed by atoms with Crippen LogP contribution in [-0.2, 0) is 13.1 Å². The molecule has 0 unspecified atom stereocenters. The second kappa shape index (κ2) is 6.09. The summed E-state index contributed by atoms with van der Waals surface area (Å²) in [5.41, 5.74) is -0.367. The van der Waals surface area contributed by atoms with Gasteiger partial charge in [0.15, 0.2) is 0 Å². The van der Waals surface area contributed by atoms with Crippen molar-refractivity contribution < 1.29 is 4.74 Å². The minimum atomic E-state index is -0.585. The Hall–Kier alpha value is -2.81. The maximum absolute atomic E-state index is 12.3. The molecule has 0 bridgehead atoms. The van der Waals surface area contributed by atoms with Crippen LogP contribution in [0.3, 0.4) is 0 Å². The van der Waals surface area contributed by atoms with Crippen molar-refractivity contribution in [3.8, 4) is 11.8 Å². The molecule has 0 aliphatic carbocycles. The lowest BCUT2D eigenvalue weighted by Gasteiger charge is -2.11. The SMILES string of the molecule is CCn1cc(C#N)c(=O)n(Cc2ccccc2OC)c1=O. The molecule has 0 atom stereocenters. The van der Waals surface area contributed by atoms with Crippen molar-refractivity contribution in [2.24, 2.45) is 0 Å². The van der Waals surface area contributed by atoms with Gasteiger partial charge in [-0.2, -0.15) is 5.26 Å². The van der Waals surface area contributed by atoms with E-state index in [2.05, 4.69) is 0 Å². The van der Waals surface area contributed by atoms with Gasteiger partial charge in [0, 0.05) is 18.3 Å². The number of aryl methyl sites for hydroxylation is 1. The number of para-hydroxylation sites is 1. The maximum Gasteiger partial charge on any atom is 0.331 e. The molecule has 2 aromatic rings. The minimum absolute atomic E-state index is 0.0497. The first kappa shape index (κ1) is 14.6. The fourth-order valence-electron chi connectivity index (χ4n) is 2.10. The summed E-state index contributed by atoms with van der Waals surface area (Å²) in [6.45, 7) is 2.23. The van der Waals surface area contributed by atoms with E-state index >= 15 is 0 Å². The lowest BCUT2D eigenvalue weighted by molar-refractivity contribution is 0.407. The number of nitrogens with zero attached hydrogens (tertiary/aromatic N) is 3. The first-order valence-corrected chi connectivity index (χ1v) is 6.48. The average Bonchev–Trinajstić information content (AvgIpc) is 2.52. The summed E-state index contributed by atoms with van der Waals surface area (Å²) in [5.74, 6) is 0.592. The van der Waals surface area contributed by atoms with Gasteiger partial charge in [0.2, 0.25) is 0 Å². The fourth-order valence-corrected chi connectivity index (χ4v) is 2.10. The van der Waals surface area contributed by atoms with Crippen molar-refractivity contribution >= 4 is 0 Å². The molecule has 0 aliphatic rings. The molecule has 108 valence electrons. The number of methoxy groups -OCH3 is 1. The van der Waals surface area contributed by atoms with Gasteiger partial charge in [-0.25, -0.2) is 4.79 Å². The van der Waals surface area contributed by atoms with Crippen LogP contribution in [-0.4, -0.2) is 16.2 Å². The number of ether oxygens (including phenoxy) is 1. The van der Waals surface area contributed by atoms with E-state index < -0.39 is 11.2 Å². The third-order valence-electron chi connectivity index (χ3n) is 3.22. The Bertz CT molecular complexity index is 812. The van der Waals surface area contributed by atoms with Crippen molar-refractivity contribution in [2.75, 3.05) is 7.11 Å². The lowest BCUT2D eigenvalue weighted by atomic mass is 10.2. The van der Waals surface area contributed by atoms with E-state index in [4.69, 9.17) is 10.00 Å². The molecule has 0 N–H and O–H groups in total. The van der Waals surface area contributed by atoms with E-state index in [1.165, 1.54) is 17.9 Å². The summed E-state index contributed by atoms with van der Waals surface area (Å²) in [4.78, 5) is 24.4. The maximum atomic E-state index is 12.3. The van der Waals surface area contributed by atoms with Gasteiger partial charge >= 0.3 is 5.69 Å². The molecule has 6 nitrogen and oxygen atoms in total. The normalized spacial score (nSPS) is 10.1. The largest absolute Gasteiger partial charge is 0.496 e. The molecule has 1 aromatic heterocycles. The number of benzene rings is 1. The predicted octanol–water partition coefficient (Wildman–Crippen LogP) is 0.958. The zero-order valence-electron chi connectivity index (χ0n) is 11.9. The van der Waals surface area contributed by atoms with Crippen molar-refractivity contribution in [1.29, 1.82) is 5.26 Å². The molecule has 0 radical (unpaired) electrons. The molecule has 0 saturated heterocycles. The van der Waals surface area contributed by atoms with Crippen molar-refractivity contribution in [1.82, 2.24) is 9.13 Å². The molecule has 0 amide bonds. The Morgan fingerprint density at radius 1 is 1.29 bits per heavy atom. The second-order valence-electron chi connectivity index (χ2n) is 4.43. The van der Waals surface area contributed by atoms with E-state index in [9.17, 15) is 9.59 Å². The van der Waals surface area contributed by atoms with Crippen LogP contribution in [0.4, 0.5) is 0 Å². The quantitative estimate of drug-likeness (QED) is 0.838.